The molecular weight excluding hydrogens is 146 g/mol. The van der Waals surface area contributed by atoms with Crippen LogP contribution in [0.2, 0.25) is 0 Å². The average Bonchev–Trinajstić information content (AvgIpc) is 2.18. The first-order valence-electron chi connectivity index (χ1n) is 4.21. The average molecular weight is 161 g/mol. The van der Waals surface area contributed by atoms with E-state index < -0.39 is 0 Å². The number of allylic oxidation sites excluding steroid dienone is 6. The zero-order valence-electron chi connectivity index (χ0n) is 7.94. The Kier molecular flexibility index (Phi) is 2.64. The maximum absolute atomic E-state index is 7.22. The summed E-state index contributed by atoms with van der Waals surface area (Å²) < 4.78 is 0. The lowest BCUT2D eigenvalue weighted by atomic mass is 10.1. The molecule has 0 saturated heterocycles. The summed E-state index contributed by atoms with van der Waals surface area (Å²) >= 11 is 0. The molecule has 0 amide bonds. The smallest absolute Gasteiger partial charge is 0.0252 e. The van der Waals surface area contributed by atoms with E-state index in [1.54, 1.807) is 0 Å². The molecule has 1 nitrogen and oxygen atoms in total. The molecule has 0 fully saturated rings. The van der Waals surface area contributed by atoms with Gasteiger partial charge in [0.2, 0.25) is 0 Å². The Labute approximate surface area is 74.0 Å². The molecule has 0 unspecified atom stereocenters. The Morgan fingerprint density at radius 3 is 2.58 bits per heavy atom. The second-order valence-corrected chi connectivity index (χ2v) is 3.30. The Morgan fingerprint density at radius 2 is 2.00 bits per heavy atom. The van der Waals surface area contributed by atoms with Crippen molar-refractivity contribution in [2.75, 3.05) is 0 Å². The summed E-state index contributed by atoms with van der Waals surface area (Å²) in [5.74, 6) is 0. The van der Waals surface area contributed by atoms with Crippen LogP contribution in [0, 0.1) is 5.41 Å². The first-order valence-corrected chi connectivity index (χ1v) is 4.21. The van der Waals surface area contributed by atoms with Gasteiger partial charge < -0.3 is 5.41 Å². The largest absolute Gasteiger partial charge is 0.308 e. The van der Waals surface area contributed by atoms with Gasteiger partial charge in [0, 0.05) is 6.21 Å². The highest BCUT2D eigenvalue weighted by molar-refractivity contribution is 5.83. The molecule has 0 aromatic rings. The lowest BCUT2D eigenvalue weighted by Crippen LogP contribution is -1.85. The quantitative estimate of drug-likeness (QED) is 0.571. The minimum atomic E-state index is 1.02. The summed E-state index contributed by atoms with van der Waals surface area (Å²) in [4.78, 5) is 0. The van der Waals surface area contributed by atoms with Gasteiger partial charge in [0.15, 0.2) is 0 Å². The van der Waals surface area contributed by atoms with Crippen molar-refractivity contribution >= 4 is 6.21 Å². The van der Waals surface area contributed by atoms with E-state index in [-0.39, 0.29) is 0 Å². The third-order valence-electron chi connectivity index (χ3n) is 2.37. The van der Waals surface area contributed by atoms with Crippen LogP contribution in [0.25, 0.3) is 0 Å². The minimum Gasteiger partial charge on any atom is -0.308 e. The van der Waals surface area contributed by atoms with E-state index in [1.807, 2.05) is 0 Å². The van der Waals surface area contributed by atoms with Crippen LogP contribution < -0.4 is 0 Å². The third-order valence-corrected chi connectivity index (χ3v) is 2.37. The molecule has 0 aromatic carbocycles. The van der Waals surface area contributed by atoms with Gasteiger partial charge in [-0.25, -0.2) is 0 Å². The van der Waals surface area contributed by atoms with E-state index in [1.165, 1.54) is 22.9 Å². The fraction of sp³-hybridized carbons (Fsp3) is 0.364. The van der Waals surface area contributed by atoms with Crippen molar-refractivity contribution in [2.24, 2.45) is 0 Å². The maximum atomic E-state index is 7.22. The van der Waals surface area contributed by atoms with Crippen molar-refractivity contribution in [2.45, 2.75) is 27.2 Å². The Balaban J connectivity index is 3.12. The van der Waals surface area contributed by atoms with E-state index in [4.69, 9.17) is 5.41 Å². The fourth-order valence-electron chi connectivity index (χ4n) is 1.21. The standard InChI is InChI=1S/C11H15N/c1-8-4-5-9(2)11(7-12)6-10(8)3/h5-7,12H,4H2,1-3H3. The predicted octanol–water partition coefficient (Wildman–Crippen LogP) is 3.25. The number of nitrogens with one attached hydrogen (secondary N) is 1. The second-order valence-electron chi connectivity index (χ2n) is 3.30. The molecule has 1 N–H and O–H groups in total. The summed E-state index contributed by atoms with van der Waals surface area (Å²) in [6.45, 7) is 6.30. The molecular formula is C11H15N. The van der Waals surface area contributed by atoms with Crippen molar-refractivity contribution in [3.63, 3.8) is 0 Å². The van der Waals surface area contributed by atoms with Crippen LogP contribution in [0.4, 0.5) is 0 Å². The molecule has 0 heterocycles. The maximum Gasteiger partial charge on any atom is 0.0252 e. The number of hydrogen-bond donors (Lipinski definition) is 1. The molecule has 1 aliphatic carbocycles. The van der Waals surface area contributed by atoms with Crippen molar-refractivity contribution in [1.29, 1.82) is 5.41 Å². The molecule has 1 heteroatoms. The summed E-state index contributed by atoms with van der Waals surface area (Å²) in [7, 11) is 0. The molecule has 0 saturated carbocycles. The summed E-state index contributed by atoms with van der Waals surface area (Å²) in [5, 5.41) is 7.22. The first-order chi connectivity index (χ1) is 5.65. The third kappa shape index (κ3) is 1.73. The molecule has 64 valence electrons. The van der Waals surface area contributed by atoms with Crippen LogP contribution in [0.5, 0.6) is 0 Å². The van der Waals surface area contributed by atoms with Gasteiger partial charge in [-0.15, -0.1) is 0 Å². The molecule has 1 rings (SSSR count). The summed E-state index contributed by atoms with van der Waals surface area (Å²) in [6, 6.07) is 0. The van der Waals surface area contributed by atoms with Crippen LogP contribution in [-0.4, -0.2) is 6.21 Å². The Morgan fingerprint density at radius 1 is 1.33 bits per heavy atom. The topological polar surface area (TPSA) is 23.9 Å². The Bertz CT molecular complexity index is 290. The van der Waals surface area contributed by atoms with E-state index in [0.717, 1.165) is 12.0 Å². The van der Waals surface area contributed by atoms with E-state index >= 15 is 0 Å². The van der Waals surface area contributed by atoms with E-state index in [2.05, 4.69) is 32.9 Å². The predicted molar refractivity (Wildman–Crippen MR) is 53.6 cm³/mol. The van der Waals surface area contributed by atoms with E-state index in [9.17, 15) is 0 Å². The zero-order chi connectivity index (χ0) is 9.14. The molecule has 0 bridgehead atoms. The number of rotatable bonds is 1. The molecule has 0 atom stereocenters. The highest BCUT2D eigenvalue weighted by atomic mass is 14.3. The van der Waals surface area contributed by atoms with E-state index in [0.29, 0.717) is 0 Å². The highest BCUT2D eigenvalue weighted by Gasteiger charge is 2.03. The fourth-order valence-corrected chi connectivity index (χ4v) is 1.21. The molecule has 1 aliphatic rings. The van der Waals surface area contributed by atoms with Gasteiger partial charge >= 0.3 is 0 Å². The van der Waals surface area contributed by atoms with Crippen LogP contribution in [0.15, 0.2) is 34.4 Å². The SMILES string of the molecule is CC1=CCC(C)=C(C)C=C1C=N. The zero-order valence-corrected chi connectivity index (χ0v) is 7.94. The van der Waals surface area contributed by atoms with Crippen molar-refractivity contribution < 1.29 is 0 Å². The van der Waals surface area contributed by atoms with Gasteiger partial charge in [0.1, 0.15) is 0 Å². The second kappa shape index (κ2) is 3.53. The molecule has 0 aliphatic heterocycles. The van der Waals surface area contributed by atoms with Crippen molar-refractivity contribution in [3.8, 4) is 0 Å². The lowest BCUT2D eigenvalue weighted by molar-refractivity contribution is 1.16. The number of hydrogen-bond acceptors (Lipinski definition) is 1. The van der Waals surface area contributed by atoms with Crippen LogP contribution in [0.3, 0.4) is 0 Å². The molecule has 12 heavy (non-hydrogen) atoms. The highest BCUT2D eigenvalue weighted by Crippen LogP contribution is 2.20. The minimum absolute atomic E-state index is 1.02. The summed E-state index contributed by atoms with van der Waals surface area (Å²) in [6.07, 6.45) is 6.71. The van der Waals surface area contributed by atoms with Gasteiger partial charge in [0.25, 0.3) is 0 Å². The normalized spacial score (nSPS) is 18.2. The van der Waals surface area contributed by atoms with Crippen LogP contribution >= 0.6 is 0 Å². The summed E-state index contributed by atoms with van der Waals surface area (Å²) in [5.41, 5.74) is 4.93. The van der Waals surface area contributed by atoms with Crippen LogP contribution in [-0.2, 0) is 0 Å². The van der Waals surface area contributed by atoms with Crippen molar-refractivity contribution in [3.05, 3.63) is 34.4 Å². The first kappa shape index (κ1) is 8.98. The van der Waals surface area contributed by atoms with Crippen LogP contribution in [0.1, 0.15) is 27.2 Å². The molecule has 0 spiro atoms. The monoisotopic (exact) mass is 161 g/mol. The van der Waals surface area contributed by atoms with Crippen molar-refractivity contribution in [1.82, 2.24) is 0 Å². The van der Waals surface area contributed by atoms with Gasteiger partial charge in [-0.1, -0.05) is 23.3 Å². The molecule has 0 radical (unpaired) electrons. The Hall–Kier alpha value is -1.11. The van der Waals surface area contributed by atoms with Gasteiger partial charge in [-0.3, -0.25) is 0 Å². The van der Waals surface area contributed by atoms with Gasteiger partial charge in [-0.2, -0.15) is 0 Å². The van der Waals surface area contributed by atoms with Gasteiger partial charge in [0.05, 0.1) is 0 Å². The lowest BCUT2D eigenvalue weighted by Gasteiger charge is -1.98. The molecule has 0 aromatic heterocycles. The van der Waals surface area contributed by atoms with Gasteiger partial charge in [-0.05, 0) is 38.3 Å².